The van der Waals surface area contributed by atoms with Crippen molar-refractivity contribution < 1.29 is 9.53 Å². The molecule has 0 amide bonds. The average molecular weight is 294 g/mol. The number of rotatable bonds is 1. The molecule has 2 aliphatic rings. The van der Waals surface area contributed by atoms with E-state index < -0.39 is 5.92 Å². The number of nitriles is 1. The molecule has 0 unspecified atom stereocenters. The van der Waals surface area contributed by atoms with E-state index in [0.29, 0.717) is 23.3 Å². The van der Waals surface area contributed by atoms with Crippen LogP contribution in [0.5, 0.6) is 0 Å². The zero-order valence-corrected chi connectivity index (χ0v) is 12.7. The molecular formula is C18H18N2O2. The van der Waals surface area contributed by atoms with E-state index in [1.165, 1.54) is 0 Å². The van der Waals surface area contributed by atoms with Gasteiger partial charge in [0.2, 0.25) is 5.88 Å². The van der Waals surface area contributed by atoms with Crippen LogP contribution >= 0.6 is 0 Å². The molecule has 0 saturated carbocycles. The van der Waals surface area contributed by atoms with Crippen molar-refractivity contribution in [2.75, 3.05) is 0 Å². The molecule has 0 spiro atoms. The molecule has 1 aliphatic carbocycles. The second-order valence-electron chi connectivity index (χ2n) is 6.01. The minimum Gasteiger partial charge on any atom is -0.444 e. The maximum atomic E-state index is 12.8. The Bertz CT molecular complexity index is 725. The van der Waals surface area contributed by atoms with Crippen LogP contribution in [0.2, 0.25) is 0 Å². The van der Waals surface area contributed by atoms with E-state index in [0.717, 1.165) is 5.56 Å². The Morgan fingerprint density at radius 2 is 1.95 bits per heavy atom. The van der Waals surface area contributed by atoms with Crippen LogP contribution < -0.4 is 5.73 Å². The summed E-state index contributed by atoms with van der Waals surface area (Å²) < 4.78 is 5.63. The Kier molecular flexibility index (Phi) is 3.50. The lowest BCUT2D eigenvalue weighted by Gasteiger charge is -2.35. The predicted molar refractivity (Wildman–Crippen MR) is 82.1 cm³/mol. The Balaban J connectivity index is 2.19. The molecule has 3 atom stereocenters. The lowest BCUT2D eigenvalue weighted by Crippen LogP contribution is -2.34. The van der Waals surface area contributed by atoms with Crippen molar-refractivity contribution in [3.63, 3.8) is 0 Å². The van der Waals surface area contributed by atoms with Gasteiger partial charge in [0, 0.05) is 17.9 Å². The van der Waals surface area contributed by atoms with Gasteiger partial charge in [-0.25, -0.2) is 0 Å². The SMILES string of the molecule is C[C@@H]1CC2=C(C(=O)[C@@H]1C)[C@H](c1ccccc1)C(C#N)=C(N)O2. The number of carbonyl (C=O) groups is 1. The van der Waals surface area contributed by atoms with Gasteiger partial charge in [-0.05, 0) is 11.5 Å². The molecule has 0 bridgehead atoms. The minimum absolute atomic E-state index is 0.0582. The molecule has 1 aromatic rings. The average Bonchev–Trinajstić information content (AvgIpc) is 2.52. The molecule has 0 aromatic heterocycles. The van der Waals surface area contributed by atoms with Crippen molar-refractivity contribution >= 4 is 5.78 Å². The van der Waals surface area contributed by atoms with Crippen LogP contribution in [-0.4, -0.2) is 5.78 Å². The monoisotopic (exact) mass is 294 g/mol. The molecule has 2 N–H and O–H groups in total. The third-order valence-corrected chi connectivity index (χ3v) is 4.67. The fraction of sp³-hybridized carbons (Fsp3) is 0.333. The molecule has 1 heterocycles. The summed E-state index contributed by atoms with van der Waals surface area (Å²) in [6.07, 6.45) is 0.672. The van der Waals surface area contributed by atoms with Crippen LogP contribution in [0.3, 0.4) is 0 Å². The van der Waals surface area contributed by atoms with Crippen molar-refractivity contribution in [2.24, 2.45) is 17.6 Å². The molecular weight excluding hydrogens is 276 g/mol. The first-order valence-corrected chi connectivity index (χ1v) is 7.44. The molecule has 0 radical (unpaired) electrons. The van der Waals surface area contributed by atoms with Crippen molar-refractivity contribution in [3.05, 3.63) is 58.7 Å². The van der Waals surface area contributed by atoms with Crippen LogP contribution in [-0.2, 0) is 9.53 Å². The number of hydrogen-bond acceptors (Lipinski definition) is 4. The van der Waals surface area contributed by atoms with Gasteiger partial charge in [0.05, 0.1) is 5.92 Å². The highest BCUT2D eigenvalue weighted by molar-refractivity contribution is 6.01. The van der Waals surface area contributed by atoms with Gasteiger partial charge in [-0.3, -0.25) is 4.79 Å². The van der Waals surface area contributed by atoms with Gasteiger partial charge >= 0.3 is 0 Å². The standard InChI is InChI=1S/C18H18N2O2/c1-10-8-14-16(17(21)11(10)2)15(12-6-4-3-5-7-12)13(9-19)18(20)22-14/h3-7,10-11,15H,8,20H2,1-2H3/t10-,11-,15-/m1/s1. The summed E-state index contributed by atoms with van der Waals surface area (Å²) in [6, 6.07) is 11.7. The van der Waals surface area contributed by atoms with Crippen LogP contribution in [0, 0.1) is 23.2 Å². The number of Topliss-reactive ketones (excluding diaryl/α,β-unsaturated/α-hetero) is 1. The van der Waals surface area contributed by atoms with E-state index >= 15 is 0 Å². The summed E-state index contributed by atoms with van der Waals surface area (Å²) in [5.74, 6) is 0.512. The van der Waals surface area contributed by atoms with E-state index in [1.807, 2.05) is 44.2 Å². The third kappa shape index (κ3) is 2.10. The molecule has 112 valence electrons. The van der Waals surface area contributed by atoms with E-state index in [-0.39, 0.29) is 23.5 Å². The van der Waals surface area contributed by atoms with E-state index in [4.69, 9.17) is 10.5 Å². The molecule has 0 saturated heterocycles. The smallest absolute Gasteiger partial charge is 0.205 e. The van der Waals surface area contributed by atoms with Crippen molar-refractivity contribution in [1.29, 1.82) is 5.26 Å². The Morgan fingerprint density at radius 3 is 2.59 bits per heavy atom. The second-order valence-corrected chi connectivity index (χ2v) is 6.01. The summed E-state index contributed by atoms with van der Waals surface area (Å²) in [6.45, 7) is 3.97. The Labute approximate surface area is 129 Å². The fourth-order valence-corrected chi connectivity index (χ4v) is 3.19. The lowest BCUT2D eigenvalue weighted by molar-refractivity contribution is -0.121. The number of nitrogens with zero attached hydrogens (tertiary/aromatic N) is 1. The van der Waals surface area contributed by atoms with Gasteiger partial charge in [0.1, 0.15) is 17.4 Å². The van der Waals surface area contributed by atoms with Crippen LogP contribution in [0.25, 0.3) is 0 Å². The van der Waals surface area contributed by atoms with Gasteiger partial charge in [0.15, 0.2) is 5.78 Å². The largest absolute Gasteiger partial charge is 0.444 e. The second kappa shape index (κ2) is 5.34. The number of ether oxygens (including phenoxy) is 1. The molecule has 1 aromatic carbocycles. The zero-order chi connectivity index (χ0) is 15.9. The summed E-state index contributed by atoms with van der Waals surface area (Å²) >= 11 is 0. The molecule has 4 nitrogen and oxygen atoms in total. The fourth-order valence-electron chi connectivity index (χ4n) is 3.19. The van der Waals surface area contributed by atoms with Crippen molar-refractivity contribution in [3.8, 4) is 6.07 Å². The van der Waals surface area contributed by atoms with Gasteiger partial charge in [-0.1, -0.05) is 44.2 Å². The lowest BCUT2D eigenvalue weighted by atomic mass is 9.71. The van der Waals surface area contributed by atoms with Gasteiger partial charge in [-0.15, -0.1) is 0 Å². The minimum atomic E-state index is -0.419. The van der Waals surface area contributed by atoms with E-state index in [2.05, 4.69) is 6.07 Å². The van der Waals surface area contributed by atoms with Crippen LogP contribution in [0.15, 0.2) is 53.1 Å². The number of carbonyl (C=O) groups excluding carboxylic acids is 1. The summed E-state index contributed by atoms with van der Waals surface area (Å²) in [5, 5.41) is 9.49. The highest BCUT2D eigenvalue weighted by Gasteiger charge is 2.42. The molecule has 3 rings (SSSR count). The molecule has 0 fully saturated rings. The maximum Gasteiger partial charge on any atom is 0.205 e. The van der Waals surface area contributed by atoms with E-state index in [9.17, 15) is 10.1 Å². The number of allylic oxidation sites excluding steroid dienone is 3. The molecule has 22 heavy (non-hydrogen) atoms. The van der Waals surface area contributed by atoms with Gasteiger partial charge in [-0.2, -0.15) is 5.26 Å². The highest BCUT2D eigenvalue weighted by Crippen LogP contribution is 2.45. The number of hydrogen-bond donors (Lipinski definition) is 1. The zero-order valence-electron chi connectivity index (χ0n) is 12.7. The third-order valence-electron chi connectivity index (χ3n) is 4.67. The van der Waals surface area contributed by atoms with Crippen molar-refractivity contribution in [1.82, 2.24) is 0 Å². The summed E-state index contributed by atoms with van der Waals surface area (Å²) in [7, 11) is 0. The number of ketones is 1. The Hall–Kier alpha value is -2.54. The predicted octanol–water partition coefficient (Wildman–Crippen LogP) is 2.99. The number of benzene rings is 1. The topological polar surface area (TPSA) is 76.1 Å². The van der Waals surface area contributed by atoms with Crippen LogP contribution in [0.1, 0.15) is 31.7 Å². The number of nitrogens with two attached hydrogens (primary N) is 1. The van der Waals surface area contributed by atoms with E-state index in [1.54, 1.807) is 0 Å². The first-order valence-electron chi connectivity index (χ1n) is 7.44. The maximum absolute atomic E-state index is 12.8. The first kappa shape index (κ1) is 14.4. The van der Waals surface area contributed by atoms with Gasteiger partial charge < -0.3 is 10.5 Å². The normalized spacial score (nSPS) is 28.0. The first-order chi connectivity index (χ1) is 10.5. The molecule has 1 aliphatic heterocycles. The van der Waals surface area contributed by atoms with Crippen LogP contribution in [0.4, 0.5) is 0 Å². The summed E-state index contributed by atoms with van der Waals surface area (Å²) in [4.78, 5) is 12.8. The Morgan fingerprint density at radius 1 is 1.27 bits per heavy atom. The quantitative estimate of drug-likeness (QED) is 0.863. The van der Waals surface area contributed by atoms with Gasteiger partial charge in [0.25, 0.3) is 0 Å². The van der Waals surface area contributed by atoms with Crippen molar-refractivity contribution in [2.45, 2.75) is 26.2 Å². The highest BCUT2D eigenvalue weighted by atomic mass is 16.5. The summed E-state index contributed by atoms with van der Waals surface area (Å²) in [5.41, 5.74) is 7.75. The molecule has 4 heteroatoms.